The zero-order valence-electron chi connectivity index (χ0n) is 12.0. The molecule has 1 amide bonds. The molecule has 1 aromatic rings. The molecule has 7 heteroatoms. The Morgan fingerprint density at radius 3 is 2.75 bits per heavy atom. The minimum atomic E-state index is -0.615. The molecule has 0 bridgehead atoms. The van der Waals surface area contributed by atoms with Crippen LogP contribution in [-0.4, -0.2) is 24.6 Å². The number of carbonyl (C=O) groups excluding carboxylic acids is 1. The van der Waals surface area contributed by atoms with E-state index in [1.807, 2.05) is 20.8 Å². The molecule has 0 aliphatic rings. The molecule has 0 atom stereocenters. The van der Waals surface area contributed by atoms with E-state index in [0.717, 1.165) is 4.73 Å². The van der Waals surface area contributed by atoms with Crippen LogP contribution < -0.4 is 10.0 Å². The van der Waals surface area contributed by atoms with Gasteiger partial charge in [-0.3, -0.25) is 4.84 Å². The van der Waals surface area contributed by atoms with Gasteiger partial charge in [-0.2, -0.15) is 4.73 Å². The lowest BCUT2D eigenvalue weighted by atomic mass is 9.91. The van der Waals surface area contributed by atoms with Crippen LogP contribution in [0.2, 0.25) is 0 Å². The average molecular weight is 297 g/mol. The normalized spacial score (nSPS) is 12.1. The third-order valence-corrected chi connectivity index (χ3v) is 3.48. The van der Waals surface area contributed by atoms with Crippen LogP contribution in [-0.2, 0) is 4.84 Å². The summed E-state index contributed by atoms with van der Waals surface area (Å²) in [7, 11) is 1.47. The molecule has 0 aromatic carbocycles. The molecule has 0 unspecified atom stereocenters. The number of oxime groups is 1. The number of amides is 1. The van der Waals surface area contributed by atoms with Crippen LogP contribution in [0.5, 0.6) is 0 Å². The summed E-state index contributed by atoms with van der Waals surface area (Å²) in [6, 6.07) is 5.20. The number of hydrogen-bond acceptors (Lipinski definition) is 5. The molecule has 1 heterocycles. The van der Waals surface area contributed by atoms with Gasteiger partial charge in [-0.25, -0.2) is 4.79 Å². The van der Waals surface area contributed by atoms with Gasteiger partial charge in [0.25, 0.3) is 5.03 Å². The fraction of sp³-hybridized carbons (Fsp3) is 0.462. The smallest absolute Gasteiger partial charge is 0.433 e. The van der Waals surface area contributed by atoms with Crippen LogP contribution in [0.4, 0.5) is 4.79 Å². The molecule has 1 N–H and O–H groups in total. The van der Waals surface area contributed by atoms with E-state index >= 15 is 0 Å². The van der Waals surface area contributed by atoms with Crippen molar-refractivity contribution < 1.29 is 14.4 Å². The SMILES string of the molecule is CNC(=O)O/N=C(\CSc1cccc[n+]1[O-])C(C)(C)C. The molecule has 1 aromatic heterocycles. The Hall–Kier alpha value is -1.76. The van der Waals surface area contributed by atoms with Crippen molar-refractivity contribution in [2.75, 3.05) is 12.8 Å². The van der Waals surface area contributed by atoms with Gasteiger partial charge >= 0.3 is 6.09 Å². The van der Waals surface area contributed by atoms with Crippen molar-refractivity contribution in [2.45, 2.75) is 25.8 Å². The Labute approximate surface area is 122 Å². The number of rotatable bonds is 4. The summed E-state index contributed by atoms with van der Waals surface area (Å²) in [5.41, 5.74) is 0.429. The highest BCUT2D eigenvalue weighted by Crippen LogP contribution is 2.22. The summed E-state index contributed by atoms with van der Waals surface area (Å²) in [6.45, 7) is 5.90. The van der Waals surface area contributed by atoms with Gasteiger partial charge in [-0.1, -0.05) is 25.9 Å². The number of nitrogens with one attached hydrogen (secondary N) is 1. The summed E-state index contributed by atoms with van der Waals surface area (Å²) in [5.74, 6) is 0.465. The van der Waals surface area contributed by atoms with Crippen LogP contribution in [0.3, 0.4) is 0 Å². The third kappa shape index (κ3) is 5.08. The number of pyridine rings is 1. The molecular weight excluding hydrogens is 278 g/mol. The van der Waals surface area contributed by atoms with Crippen LogP contribution in [0, 0.1) is 10.6 Å². The van der Waals surface area contributed by atoms with Crippen molar-refractivity contribution in [2.24, 2.45) is 10.6 Å². The van der Waals surface area contributed by atoms with Gasteiger partial charge in [0.15, 0.2) is 6.20 Å². The lowest BCUT2D eigenvalue weighted by Gasteiger charge is -2.19. The van der Waals surface area contributed by atoms with Gasteiger partial charge in [-0.05, 0) is 17.8 Å². The Morgan fingerprint density at radius 2 is 2.20 bits per heavy atom. The predicted octanol–water partition coefficient (Wildman–Crippen LogP) is 2.17. The topological polar surface area (TPSA) is 77.6 Å². The summed E-state index contributed by atoms with van der Waals surface area (Å²) in [6.07, 6.45) is 0.826. The van der Waals surface area contributed by atoms with Gasteiger partial charge in [0.1, 0.15) is 0 Å². The van der Waals surface area contributed by atoms with E-state index in [-0.39, 0.29) is 5.41 Å². The van der Waals surface area contributed by atoms with Crippen molar-refractivity contribution in [3.05, 3.63) is 29.6 Å². The standard InChI is InChI=1S/C13H19N3O3S/c1-13(2,3)10(15-19-12(17)14-4)9-20-11-7-5-6-8-16(11)18/h5-8H,9H2,1-4H3,(H,14,17)/b15-10+. The van der Waals surface area contributed by atoms with E-state index in [1.54, 1.807) is 18.2 Å². The van der Waals surface area contributed by atoms with Crippen molar-refractivity contribution >= 4 is 23.6 Å². The first-order chi connectivity index (χ1) is 9.34. The molecule has 0 radical (unpaired) electrons. The average Bonchev–Trinajstić information content (AvgIpc) is 2.38. The third-order valence-electron chi connectivity index (χ3n) is 2.45. The molecule has 0 aliphatic carbocycles. The summed E-state index contributed by atoms with van der Waals surface area (Å²) in [5, 5.41) is 18.3. The summed E-state index contributed by atoms with van der Waals surface area (Å²) < 4.78 is 0.796. The van der Waals surface area contributed by atoms with Crippen LogP contribution in [0.15, 0.2) is 34.6 Å². The first-order valence-electron chi connectivity index (χ1n) is 6.11. The lowest BCUT2D eigenvalue weighted by molar-refractivity contribution is -0.645. The number of carbonyl (C=O) groups is 1. The van der Waals surface area contributed by atoms with Crippen LogP contribution in [0.25, 0.3) is 0 Å². The van der Waals surface area contributed by atoms with Crippen molar-refractivity contribution in [1.82, 2.24) is 5.32 Å². The fourth-order valence-electron chi connectivity index (χ4n) is 1.19. The second-order valence-corrected chi connectivity index (χ2v) is 6.07. The number of nitrogens with zero attached hydrogens (tertiary/aromatic N) is 2. The first-order valence-corrected chi connectivity index (χ1v) is 7.10. The maximum Gasteiger partial charge on any atom is 0.433 e. The molecule has 0 aliphatic heterocycles. The van der Waals surface area contributed by atoms with Crippen LogP contribution in [0.1, 0.15) is 20.8 Å². The highest BCUT2D eigenvalue weighted by molar-refractivity contribution is 7.99. The maximum atomic E-state index is 11.6. The zero-order chi connectivity index (χ0) is 15.2. The van der Waals surface area contributed by atoms with E-state index in [1.165, 1.54) is 25.0 Å². The lowest BCUT2D eigenvalue weighted by Crippen LogP contribution is -2.29. The Kier molecular flexibility index (Phi) is 5.82. The van der Waals surface area contributed by atoms with Gasteiger partial charge in [-0.15, -0.1) is 0 Å². The Morgan fingerprint density at radius 1 is 1.50 bits per heavy atom. The molecule has 20 heavy (non-hydrogen) atoms. The van der Waals surface area contributed by atoms with E-state index in [4.69, 9.17) is 4.84 Å². The second-order valence-electron chi connectivity index (χ2n) is 5.07. The zero-order valence-corrected chi connectivity index (χ0v) is 12.9. The van der Waals surface area contributed by atoms with Crippen molar-refractivity contribution in [3.63, 3.8) is 0 Å². The monoisotopic (exact) mass is 297 g/mol. The Bertz CT molecular complexity index is 498. The Balaban J connectivity index is 2.76. The summed E-state index contributed by atoms with van der Waals surface area (Å²) >= 11 is 1.35. The molecule has 6 nitrogen and oxygen atoms in total. The molecule has 0 fully saturated rings. The quantitative estimate of drug-likeness (QED) is 0.231. The van der Waals surface area contributed by atoms with Gasteiger partial charge < -0.3 is 10.5 Å². The molecular formula is C13H19N3O3S. The highest BCUT2D eigenvalue weighted by Gasteiger charge is 2.22. The minimum Gasteiger partial charge on any atom is -0.618 e. The predicted molar refractivity (Wildman–Crippen MR) is 78.6 cm³/mol. The largest absolute Gasteiger partial charge is 0.618 e. The molecule has 0 saturated carbocycles. The molecule has 1 rings (SSSR count). The number of aromatic nitrogens is 1. The van der Waals surface area contributed by atoms with Gasteiger partial charge in [0.2, 0.25) is 0 Å². The van der Waals surface area contributed by atoms with Crippen molar-refractivity contribution in [1.29, 1.82) is 0 Å². The second kappa shape index (κ2) is 7.14. The molecule has 0 saturated heterocycles. The van der Waals surface area contributed by atoms with E-state index in [9.17, 15) is 10.0 Å². The van der Waals surface area contributed by atoms with E-state index < -0.39 is 6.09 Å². The number of thioether (sulfide) groups is 1. The fourth-order valence-corrected chi connectivity index (χ4v) is 2.32. The molecule has 110 valence electrons. The van der Waals surface area contributed by atoms with E-state index in [2.05, 4.69) is 10.5 Å². The maximum absolute atomic E-state index is 11.6. The summed E-state index contributed by atoms with van der Waals surface area (Å²) in [4.78, 5) is 15.8. The number of hydrogen-bond donors (Lipinski definition) is 1. The van der Waals surface area contributed by atoms with E-state index in [0.29, 0.717) is 16.5 Å². The molecule has 0 spiro atoms. The highest BCUT2D eigenvalue weighted by atomic mass is 32.2. The van der Waals surface area contributed by atoms with Crippen LogP contribution >= 0.6 is 11.8 Å². The van der Waals surface area contributed by atoms with Crippen molar-refractivity contribution in [3.8, 4) is 0 Å². The first kappa shape index (κ1) is 16.3. The van der Waals surface area contributed by atoms with Gasteiger partial charge in [0.05, 0.1) is 5.71 Å². The van der Waals surface area contributed by atoms with Gasteiger partial charge in [0, 0.05) is 30.3 Å². The minimum absolute atomic E-state index is 0.260.